The zero-order valence-corrected chi connectivity index (χ0v) is 9.80. The number of aryl methyl sites for hydroxylation is 1. The van der Waals surface area contributed by atoms with E-state index in [1.807, 2.05) is 0 Å². The number of nitrogens with zero attached hydrogens (tertiary/aromatic N) is 3. The molecule has 0 unspecified atom stereocenters. The van der Waals surface area contributed by atoms with Crippen LogP contribution < -0.4 is 10.9 Å². The molecule has 2 aromatic heterocycles. The minimum Gasteiger partial charge on any atom is -0.339 e. The number of hydrogen-bond acceptors (Lipinski definition) is 6. The third-order valence-corrected chi connectivity index (χ3v) is 2.16. The summed E-state index contributed by atoms with van der Waals surface area (Å²) in [5.41, 5.74) is -0.366. The number of nitrogens with one attached hydrogen (secondary N) is 2. The second-order valence-electron chi connectivity index (χ2n) is 3.69. The first-order chi connectivity index (χ1) is 8.56. The zero-order valence-electron chi connectivity index (χ0n) is 9.80. The Morgan fingerprint density at radius 2 is 2.28 bits per heavy atom. The van der Waals surface area contributed by atoms with Gasteiger partial charge in [0.2, 0.25) is 5.89 Å². The van der Waals surface area contributed by atoms with Gasteiger partial charge in [0.1, 0.15) is 11.7 Å². The monoisotopic (exact) mass is 249 g/mol. The molecule has 0 aliphatic rings. The maximum absolute atomic E-state index is 11.8. The number of carbonyl (C=O) groups is 1. The van der Waals surface area contributed by atoms with Gasteiger partial charge >= 0.3 is 0 Å². The highest BCUT2D eigenvalue weighted by atomic mass is 16.5. The highest BCUT2D eigenvalue weighted by molar-refractivity contribution is 5.92. The molecular weight excluding hydrogens is 238 g/mol. The van der Waals surface area contributed by atoms with Crippen LogP contribution in [0.25, 0.3) is 0 Å². The molecule has 0 fully saturated rings. The maximum atomic E-state index is 11.8. The van der Waals surface area contributed by atoms with Crippen molar-refractivity contribution in [2.45, 2.75) is 19.9 Å². The molecule has 0 aromatic carbocycles. The van der Waals surface area contributed by atoms with Crippen LogP contribution in [-0.2, 0) is 0 Å². The lowest BCUT2D eigenvalue weighted by Crippen LogP contribution is -2.29. The van der Waals surface area contributed by atoms with Crippen molar-refractivity contribution < 1.29 is 9.32 Å². The average Bonchev–Trinajstić information content (AvgIpc) is 2.76. The van der Waals surface area contributed by atoms with E-state index in [4.69, 9.17) is 4.52 Å². The van der Waals surface area contributed by atoms with Crippen molar-refractivity contribution in [2.75, 3.05) is 0 Å². The molecule has 18 heavy (non-hydrogen) atoms. The Bertz CT molecular complexity index is 618. The van der Waals surface area contributed by atoms with Crippen LogP contribution in [0.15, 0.2) is 21.7 Å². The highest BCUT2D eigenvalue weighted by Crippen LogP contribution is 2.09. The maximum Gasteiger partial charge on any atom is 0.270 e. The van der Waals surface area contributed by atoms with Crippen LogP contribution >= 0.6 is 0 Å². The van der Waals surface area contributed by atoms with Crippen molar-refractivity contribution in [1.82, 2.24) is 25.4 Å². The standard InChI is InChI=1S/C10H11N5O3/c1-5(10-13-6(2)15-18-10)12-9(17)7-3-11-4-8(16)14-7/h3-5H,1-2H3,(H,12,17)(H,14,16)/t5-/m1/s1. The molecule has 0 saturated heterocycles. The topological polar surface area (TPSA) is 114 Å². The Morgan fingerprint density at radius 1 is 1.50 bits per heavy atom. The van der Waals surface area contributed by atoms with E-state index in [2.05, 4.69) is 25.4 Å². The van der Waals surface area contributed by atoms with E-state index in [9.17, 15) is 9.59 Å². The molecule has 0 saturated carbocycles. The van der Waals surface area contributed by atoms with Crippen molar-refractivity contribution in [2.24, 2.45) is 0 Å². The number of H-pyrrole nitrogens is 1. The van der Waals surface area contributed by atoms with Gasteiger partial charge in [-0.3, -0.25) is 14.6 Å². The molecule has 94 valence electrons. The third kappa shape index (κ3) is 2.59. The normalized spacial score (nSPS) is 12.1. The number of aromatic amines is 1. The number of rotatable bonds is 3. The van der Waals surface area contributed by atoms with E-state index in [0.717, 1.165) is 6.20 Å². The smallest absolute Gasteiger partial charge is 0.270 e. The van der Waals surface area contributed by atoms with E-state index in [1.165, 1.54) is 6.20 Å². The van der Waals surface area contributed by atoms with Crippen LogP contribution in [-0.4, -0.2) is 26.0 Å². The second kappa shape index (κ2) is 4.78. The summed E-state index contributed by atoms with van der Waals surface area (Å²) < 4.78 is 4.92. The summed E-state index contributed by atoms with van der Waals surface area (Å²) in [6, 6.07) is -0.456. The minimum atomic E-state index is -0.469. The summed E-state index contributed by atoms with van der Waals surface area (Å²) in [5, 5.41) is 6.23. The number of hydrogen-bond donors (Lipinski definition) is 2. The predicted octanol–water partition coefficient (Wildman–Crippen LogP) is -0.0477. The summed E-state index contributed by atoms with van der Waals surface area (Å²) >= 11 is 0. The molecule has 0 aliphatic carbocycles. The number of carbonyl (C=O) groups excluding carboxylic acids is 1. The van der Waals surface area contributed by atoms with Gasteiger partial charge in [-0.25, -0.2) is 0 Å². The largest absolute Gasteiger partial charge is 0.339 e. The second-order valence-corrected chi connectivity index (χ2v) is 3.69. The molecule has 2 N–H and O–H groups in total. The van der Waals surface area contributed by atoms with Gasteiger partial charge in [0.15, 0.2) is 5.82 Å². The molecule has 1 amide bonds. The van der Waals surface area contributed by atoms with Crippen LogP contribution in [0.5, 0.6) is 0 Å². The van der Waals surface area contributed by atoms with E-state index in [-0.39, 0.29) is 5.69 Å². The fourth-order valence-electron chi connectivity index (χ4n) is 1.32. The first-order valence-corrected chi connectivity index (χ1v) is 5.21. The first-order valence-electron chi connectivity index (χ1n) is 5.21. The first kappa shape index (κ1) is 12.0. The Hall–Kier alpha value is -2.51. The summed E-state index contributed by atoms with van der Waals surface area (Å²) in [7, 11) is 0. The quantitative estimate of drug-likeness (QED) is 0.788. The van der Waals surface area contributed by atoms with Crippen LogP contribution in [0.1, 0.15) is 35.2 Å². The van der Waals surface area contributed by atoms with Crippen molar-refractivity contribution in [1.29, 1.82) is 0 Å². The van der Waals surface area contributed by atoms with Gasteiger partial charge in [-0.05, 0) is 13.8 Å². The zero-order chi connectivity index (χ0) is 13.1. The van der Waals surface area contributed by atoms with Crippen LogP contribution in [0.4, 0.5) is 0 Å². The van der Waals surface area contributed by atoms with Crippen molar-refractivity contribution in [3.8, 4) is 0 Å². The van der Waals surface area contributed by atoms with E-state index >= 15 is 0 Å². The van der Waals surface area contributed by atoms with Gasteiger partial charge < -0.3 is 14.8 Å². The Balaban J connectivity index is 2.10. The van der Waals surface area contributed by atoms with E-state index < -0.39 is 17.5 Å². The lowest BCUT2D eigenvalue weighted by Gasteiger charge is -2.08. The average molecular weight is 249 g/mol. The van der Waals surface area contributed by atoms with Gasteiger partial charge in [-0.1, -0.05) is 5.16 Å². The molecule has 2 rings (SSSR count). The van der Waals surface area contributed by atoms with Crippen LogP contribution in [0, 0.1) is 6.92 Å². The molecule has 2 heterocycles. The lowest BCUT2D eigenvalue weighted by molar-refractivity contribution is 0.0926. The van der Waals surface area contributed by atoms with E-state index in [1.54, 1.807) is 13.8 Å². The highest BCUT2D eigenvalue weighted by Gasteiger charge is 2.17. The third-order valence-electron chi connectivity index (χ3n) is 2.16. The molecule has 0 bridgehead atoms. The van der Waals surface area contributed by atoms with Crippen molar-refractivity contribution >= 4 is 5.91 Å². The van der Waals surface area contributed by atoms with Gasteiger partial charge in [-0.15, -0.1) is 0 Å². The van der Waals surface area contributed by atoms with Crippen LogP contribution in [0.3, 0.4) is 0 Å². The SMILES string of the molecule is Cc1noc([C@@H](C)NC(=O)c2cncc(=O)[nH]2)n1. The summed E-state index contributed by atoms with van der Waals surface area (Å²) in [6.45, 7) is 3.37. The lowest BCUT2D eigenvalue weighted by atomic mass is 10.3. The Labute approximate surface area is 101 Å². The summed E-state index contributed by atoms with van der Waals surface area (Å²) in [4.78, 5) is 32.8. The minimum absolute atomic E-state index is 0.0746. The molecule has 0 spiro atoms. The van der Waals surface area contributed by atoms with Gasteiger partial charge in [0.05, 0.1) is 12.4 Å². The Morgan fingerprint density at radius 3 is 2.89 bits per heavy atom. The molecule has 2 aromatic rings. The van der Waals surface area contributed by atoms with Crippen LogP contribution in [0.2, 0.25) is 0 Å². The Kier molecular flexibility index (Phi) is 3.18. The predicted molar refractivity (Wildman–Crippen MR) is 59.8 cm³/mol. The summed E-state index contributed by atoms with van der Waals surface area (Å²) in [5.74, 6) is 0.316. The van der Waals surface area contributed by atoms with Gasteiger partial charge in [0, 0.05) is 0 Å². The van der Waals surface area contributed by atoms with Gasteiger partial charge in [0.25, 0.3) is 11.5 Å². The van der Waals surface area contributed by atoms with E-state index in [0.29, 0.717) is 11.7 Å². The fraction of sp³-hybridized carbons (Fsp3) is 0.300. The van der Waals surface area contributed by atoms with Gasteiger partial charge in [-0.2, -0.15) is 4.98 Å². The summed E-state index contributed by atoms with van der Waals surface area (Å²) in [6.07, 6.45) is 2.35. The molecule has 8 heteroatoms. The van der Waals surface area contributed by atoms with Crippen molar-refractivity contribution in [3.05, 3.63) is 40.2 Å². The number of amides is 1. The molecule has 1 atom stereocenters. The number of aromatic nitrogens is 4. The molecular formula is C10H11N5O3. The molecule has 8 nitrogen and oxygen atoms in total. The fourth-order valence-corrected chi connectivity index (χ4v) is 1.32. The van der Waals surface area contributed by atoms with Crippen molar-refractivity contribution in [3.63, 3.8) is 0 Å². The molecule has 0 aliphatic heterocycles. The molecule has 0 radical (unpaired) electrons.